The maximum atomic E-state index is 14.2. The van der Waals surface area contributed by atoms with Crippen LogP contribution in [0.3, 0.4) is 0 Å². The quantitative estimate of drug-likeness (QED) is 0.0370. The summed E-state index contributed by atoms with van der Waals surface area (Å²) in [5, 5.41) is 43.4. The Morgan fingerprint density at radius 1 is 0.610 bits per heavy atom. The lowest BCUT2D eigenvalue weighted by Gasteiger charge is -2.24. The van der Waals surface area contributed by atoms with Crippen molar-refractivity contribution in [3.8, 4) is 0 Å². The number of halogens is 2. The number of hydrogen-bond donors (Lipinski definition) is 5. The van der Waals surface area contributed by atoms with E-state index in [0.717, 1.165) is 36.6 Å². The minimum Gasteiger partial charge on any atom is -0.395 e. The summed E-state index contributed by atoms with van der Waals surface area (Å²) in [6.07, 6.45) is 0. The Bertz CT molecular complexity index is 2360. The van der Waals surface area contributed by atoms with Crippen LogP contribution >= 0.6 is 0 Å². The summed E-state index contributed by atoms with van der Waals surface area (Å²) in [7, 11) is -4.87. The van der Waals surface area contributed by atoms with Crippen LogP contribution in [0, 0.1) is 11.6 Å². The van der Waals surface area contributed by atoms with Gasteiger partial charge in [0, 0.05) is 50.6 Å². The Labute approximate surface area is 341 Å². The summed E-state index contributed by atoms with van der Waals surface area (Å²) in [6.45, 7) is 10.5. The molecule has 0 radical (unpaired) electrons. The molecule has 312 valence electrons. The first-order valence-corrected chi connectivity index (χ1v) is 20.2. The smallest absolute Gasteiger partial charge is 0.297 e. The summed E-state index contributed by atoms with van der Waals surface area (Å²) in [4.78, 5) is 18.8. The number of nitrogens with one attached hydrogen (secondary N) is 2. The molecular formula is C39H46F2N12O5S. The normalized spacial score (nSPS) is 11.7. The molecule has 0 amide bonds. The van der Waals surface area contributed by atoms with Crippen molar-refractivity contribution in [3.05, 3.63) is 90.5 Å². The van der Waals surface area contributed by atoms with Crippen molar-refractivity contribution >= 4 is 73.5 Å². The summed E-state index contributed by atoms with van der Waals surface area (Å²) >= 11 is 0. The van der Waals surface area contributed by atoms with Crippen molar-refractivity contribution in [1.82, 2.24) is 15.0 Å². The van der Waals surface area contributed by atoms with E-state index < -0.39 is 26.6 Å². The first-order chi connectivity index (χ1) is 28.4. The zero-order valence-corrected chi connectivity index (χ0v) is 33.8. The largest absolute Gasteiger partial charge is 0.395 e. The number of aliphatic hydroxyl groups excluding tert-OH is 2. The van der Waals surface area contributed by atoms with Crippen LogP contribution in [0.25, 0.3) is 0 Å². The van der Waals surface area contributed by atoms with Gasteiger partial charge in [0.2, 0.25) is 17.8 Å². The lowest BCUT2D eigenvalue weighted by molar-refractivity contribution is 0.280. The molecule has 4 aromatic carbocycles. The lowest BCUT2D eigenvalue weighted by atomic mass is 10.2. The SMILES string of the molecule is CCN(CC)c1ccc(/N=N/c2ccc(F)cc2)c(Nc2nc(Nc3cc(N(CC)CC)ccc3/N=N/c3ccc(F)c(S(=O)(=O)O)c3)nc(N(CCO)CCO)n2)c1. The third kappa shape index (κ3) is 11.7. The molecule has 20 heteroatoms. The van der Waals surface area contributed by atoms with E-state index in [0.29, 0.717) is 35.8 Å². The van der Waals surface area contributed by atoms with Crippen molar-refractivity contribution in [3.63, 3.8) is 0 Å². The number of rotatable bonds is 20. The van der Waals surface area contributed by atoms with E-state index in [1.54, 1.807) is 23.1 Å². The Morgan fingerprint density at radius 2 is 1.08 bits per heavy atom. The lowest BCUT2D eigenvalue weighted by Crippen LogP contribution is -2.31. The van der Waals surface area contributed by atoms with Gasteiger partial charge in [-0.25, -0.2) is 8.78 Å². The Hall–Kier alpha value is -6.22. The van der Waals surface area contributed by atoms with Gasteiger partial charge in [-0.05, 0) is 107 Å². The third-order valence-corrected chi connectivity index (χ3v) is 9.79. The molecule has 5 N–H and O–H groups in total. The van der Waals surface area contributed by atoms with Crippen LogP contribution in [-0.2, 0) is 10.1 Å². The average Bonchev–Trinajstić information content (AvgIpc) is 3.21. The number of nitrogens with zero attached hydrogens (tertiary/aromatic N) is 10. The highest BCUT2D eigenvalue weighted by atomic mass is 32.2. The summed E-state index contributed by atoms with van der Waals surface area (Å²) in [5.41, 5.74) is 3.58. The van der Waals surface area contributed by atoms with Crippen LogP contribution in [0.4, 0.5) is 72.1 Å². The molecule has 0 fully saturated rings. The Kier molecular flexibility index (Phi) is 15.2. The molecule has 1 aromatic heterocycles. The fraction of sp³-hybridized carbons (Fsp3) is 0.308. The number of hydrogen-bond acceptors (Lipinski definition) is 16. The van der Waals surface area contributed by atoms with Gasteiger partial charge >= 0.3 is 0 Å². The molecule has 0 spiro atoms. The fourth-order valence-corrected chi connectivity index (χ4v) is 6.47. The molecule has 0 atom stereocenters. The van der Waals surface area contributed by atoms with Crippen LogP contribution in [0.2, 0.25) is 0 Å². The molecule has 0 unspecified atom stereocenters. The van der Waals surface area contributed by atoms with Crippen LogP contribution < -0.4 is 25.3 Å². The standard InChI is InChI=1S/C39H46F2N12O5S/c1-5-51(6-2)29-14-17-32(49-47-27-11-9-26(40)10-12-27)34(24-29)42-37-44-38(46-39(45-37)53(19-21-54)20-22-55)43-35-25-30(52(7-3)8-4)15-18-33(35)50-48-28-13-16-31(41)36(23-28)59(56,57)58/h9-18,23-25,54-55H,5-8,19-22H2,1-4H3,(H,56,57,58)(H2,42,43,44,45,46)/b49-47+,50-48+. The molecule has 0 aliphatic heterocycles. The topological polar surface area (TPSA) is 217 Å². The first-order valence-electron chi connectivity index (χ1n) is 18.8. The van der Waals surface area contributed by atoms with E-state index in [1.165, 1.54) is 30.3 Å². The number of benzene rings is 4. The summed E-state index contributed by atoms with van der Waals surface area (Å²) in [6, 6.07) is 19.4. The molecule has 59 heavy (non-hydrogen) atoms. The van der Waals surface area contributed by atoms with Gasteiger partial charge in [-0.2, -0.15) is 33.6 Å². The monoisotopic (exact) mass is 832 g/mol. The van der Waals surface area contributed by atoms with E-state index in [2.05, 4.69) is 55.8 Å². The molecule has 0 bridgehead atoms. The first kappa shape index (κ1) is 43.9. The van der Waals surface area contributed by atoms with Crippen molar-refractivity contribution < 1.29 is 32.0 Å². The second kappa shape index (κ2) is 20.5. The molecule has 5 aromatic rings. The average molecular weight is 833 g/mol. The predicted molar refractivity (Wildman–Crippen MR) is 224 cm³/mol. The number of aliphatic hydroxyl groups is 2. The van der Waals surface area contributed by atoms with Crippen molar-refractivity contribution in [2.24, 2.45) is 20.5 Å². The molecule has 0 aliphatic rings. The van der Waals surface area contributed by atoms with Gasteiger partial charge in [-0.3, -0.25) is 4.55 Å². The maximum Gasteiger partial charge on any atom is 0.297 e. The van der Waals surface area contributed by atoms with Crippen molar-refractivity contribution in [1.29, 1.82) is 0 Å². The summed E-state index contributed by atoms with van der Waals surface area (Å²) in [5.74, 6) is -1.36. The van der Waals surface area contributed by atoms with E-state index in [1.807, 2.05) is 45.9 Å². The number of anilines is 7. The number of azo groups is 2. The number of aromatic nitrogens is 3. The molecule has 0 saturated heterocycles. The van der Waals surface area contributed by atoms with Gasteiger partial charge in [-0.15, -0.1) is 10.2 Å². The molecule has 0 saturated carbocycles. The maximum absolute atomic E-state index is 14.2. The van der Waals surface area contributed by atoms with E-state index >= 15 is 0 Å². The van der Waals surface area contributed by atoms with Crippen LogP contribution in [0.15, 0.2) is 104 Å². The highest BCUT2D eigenvalue weighted by molar-refractivity contribution is 7.85. The molecule has 1 heterocycles. The van der Waals surface area contributed by atoms with Gasteiger partial charge in [-0.1, -0.05) is 0 Å². The van der Waals surface area contributed by atoms with Gasteiger partial charge in [0.1, 0.15) is 27.9 Å². The van der Waals surface area contributed by atoms with Crippen molar-refractivity contribution in [2.75, 3.05) is 77.8 Å². The molecular weight excluding hydrogens is 787 g/mol. The molecule has 0 aliphatic carbocycles. The van der Waals surface area contributed by atoms with Crippen LogP contribution in [0.5, 0.6) is 0 Å². The zero-order chi connectivity index (χ0) is 42.5. The van der Waals surface area contributed by atoms with Gasteiger partial charge < -0.3 is 35.5 Å². The minimum atomic E-state index is -4.87. The highest BCUT2D eigenvalue weighted by Gasteiger charge is 2.19. The van der Waals surface area contributed by atoms with Crippen molar-refractivity contribution in [2.45, 2.75) is 32.6 Å². The molecule has 17 nitrogen and oxygen atoms in total. The predicted octanol–water partition coefficient (Wildman–Crippen LogP) is 8.20. The van der Waals surface area contributed by atoms with Crippen LogP contribution in [-0.4, -0.2) is 90.6 Å². The van der Waals surface area contributed by atoms with Gasteiger partial charge in [0.15, 0.2) is 0 Å². The zero-order valence-electron chi connectivity index (χ0n) is 33.0. The minimum absolute atomic E-state index is 0.0244. The van der Waals surface area contributed by atoms with Gasteiger partial charge in [0.05, 0.1) is 36.0 Å². The second-order valence-corrected chi connectivity index (χ2v) is 14.1. The third-order valence-electron chi connectivity index (χ3n) is 8.92. The Balaban J connectivity index is 1.62. The Morgan fingerprint density at radius 3 is 1.54 bits per heavy atom. The van der Waals surface area contributed by atoms with E-state index in [-0.39, 0.29) is 55.5 Å². The fourth-order valence-electron chi connectivity index (χ4n) is 5.89. The van der Waals surface area contributed by atoms with E-state index in [9.17, 15) is 32.0 Å². The second-order valence-electron chi connectivity index (χ2n) is 12.7. The van der Waals surface area contributed by atoms with Gasteiger partial charge in [0.25, 0.3) is 10.1 Å². The summed E-state index contributed by atoms with van der Waals surface area (Å²) < 4.78 is 60.8. The molecule has 5 rings (SSSR count). The highest BCUT2D eigenvalue weighted by Crippen LogP contribution is 2.36. The van der Waals surface area contributed by atoms with Crippen LogP contribution in [0.1, 0.15) is 27.7 Å². The van der Waals surface area contributed by atoms with E-state index in [4.69, 9.17) is 0 Å².